The summed E-state index contributed by atoms with van der Waals surface area (Å²) in [5.41, 5.74) is 4.74. The van der Waals surface area contributed by atoms with Crippen LogP contribution in [0, 0.1) is 6.92 Å². The van der Waals surface area contributed by atoms with E-state index in [0.717, 1.165) is 59.3 Å². The van der Waals surface area contributed by atoms with Gasteiger partial charge in [0.05, 0.1) is 11.1 Å². The van der Waals surface area contributed by atoms with Crippen molar-refractivity contribution in [1.82, 2.24) is 14.5 Å². The monoisotopic (exact) mass is 517 g/mol. The smallest absolute Gasteiger partial charge is 0.267 e. The predicted molar refractivity (Wildman–Crippen MR) is 154 cm³/mol. The van der Waals surface area contributed by atoms with Gasteiger partial charge < -0.3 is 0 Å². The molecule has 2 aromatic heterocycles. The van der Waals surface area contributed by atoms with E-state index in [4.69, 9.17) is 4.98 Å². The third kappa shape index (κ3) is 5.61. The van der Waals surface area contributed by atoms with E-state index in [2.05, 4.69) is 73.3 Å². The summed E-state index contributed by atoms with van der Waals surface area (Å²) in [7, 11) is 0. The summed E-state index contributed by atoms with van der Waals surface area (Å²) < 4.78 is 1.86. The standard InChI is InChI=1S/C30H35N3OS2/c1-3-4-5-6-10-19-35-30-31-28-27(29(34)33(30)24-15-13-22(2)14-16-24)25-17-18-32(21-26(25)36-28)20-23-11-8-7-9-12-23/h7-9,11-16H,3-6,10,17-21H2,1-2H3. The van der Waals surface area contributed by atoms with Crippen molar-refractivity contribution in [2.75, 3.05) is 12.3 Å². The van der Waals surface area contributed by atoms with Crippen LogP contribution in [-0.4, -0.2) is 26.7 Å². The Balaban J connectivity index is 1.46. The number of thiophene rings is 1. The van der Waals surface area contributed by atoms with E-state index in [0.29, 0.717) is 0 Å². The van der Waals surface area contributed by atoms with Gasteiger partial charge in [-0.2, -0.15) is 0 Å². The lowest BCUT2D eigenvalue weighted by molar-refractivity contribution is 0.249. The molecule has 0 aliphatic carbocycles. The number of unbranched alkanes of at least 4 members (excludes halogenated alkanes) is 4. The molecule has 4 aromatic rings. The molecule has 0 fully saturated rings. The molecule has 1 aliphatic heterocycles. The SMILES string of the molecule is CCCCCCCSc1nc2sc3c(c2c(=O)n1-c1ccc(C)cc1)CCN(Cc1ccccc1)C3. The summed E-state index contributed by atoms with van der Waals surface area (Å²) in [4.78, 5) is 23.8. The van der Waals surface area contributed by atoms with E-state index < -0.39 is 0 Å². The van der Waals surface area contributed by atoms with Crippen molar-refractivity contribution in [3.63, 3.8) is 0 Å². The lowest BCUT2D eigenvalue weighted by Gasteiger charge is -2.26. The highest BCUT2D eigenvalue weighted by Crippen LogP contribution is 2.35. The summed E-state index contributed by atoms with van der Waals surface area (Å²) in [6, 6.07) is 18.9. The molecule has 0 bridgehead atoms. The minimum atomic E-state index is 0.0892. The molecule has 2 aromatic carbocycles. The Kier molecular flexibility index (Phi) is 8.25. The normalized spacial score (nSPS) is 13.8. The zero-order valence-electron chi connectivity index (χ0n) is 21.3. The third-order valence-corrected chi connectivity index (χ3v) is 9.08. The van der Waals surface area contributed by atoms with Gasteiger partial charge in [-0.15, -0.1) is 11.3 Å². The molecule has 0 saturated carbocycles. The van der Waals surface area contributed by atoms with Gasteiger partial charge in [-0.25, -0.2) is 4.98 Å². The van der Waals surface area contributed by atoms with E-state index >= 15 is 0 Å². The second-order valence-corrected chi connectivity index (χ2v) is 11.9. The summed E-state index contributed by atoms with van der Waals surface area (Å²) in [5.74, 6) is 0.990. The summed E-state index contributed by atoms with van der Waals surface area (Å²) in [6.07, 6.45) is 7.13. The number of thioether (sulfide) groups is 1. The van der Waals surface area contributed by atoms with Crippen LogP contribution in [0.2, 0.25) is 0 Å². The van der Waals surface area contributed by atoms with Gasteiger partial charge >= 0.3 is 0 Å². The van der Waals surface area contributed by atoms with Crippen molar-refractivity contribution < 1.29 is 0 Å². The number of nitrogens with zero attached hydrogens (tertiary/aromatic N) is 3. The van der Waals surface area contributed by atoms with Crippen molar-refractivity contribution >= 4 is 33.3 Å². The van der Waals surface area contributed by atoms with Crippen LogP contribution in [-0.2, 0) is 19.5 Å². The Morgan fingerprint density at radius 1 is 1.00 bits per heavy atom. The second kappa shape index (κ2) is 11.8. The van der Waals surface area contributed by atoms with Crippen molar-refractivity contribution in [3.8, 4) is 5.69 Å². The first-order chi connectivity index (χ1) is 17.6. The molecule has 4 nitrogen and oxygen atoms in total. The maximum absolute atomic E-state index is 14.0. The fourth-order valence-electron chi connectivity index (χ4n) is 4.94. The van der Waals surface area contributed by atoms with Crippen LogP contribution in [0.5, 0.6) is 0 Å². The maximum atomic E-state index is 14.0. The highest BCUT2D eigenvalue weighted by Gasteiger charge is 2.25. The molecule has 0 spiro atoms. The van der Waals surface area contributed by atoms with Gasteiger partial charge in [0.25, 0.3) is 5.56 Å². The zero-order valence-corrected chi connectivity index (χ0v) is 23.0. The number of hydrogen-bond donors (Lipinski definition) is 0. The van der Waals surface area contributed by atoms with Gasteiger partial charge in [0.15, 0.2) is 5.16 Å². The van der Waals surface area contributed by atoms with E-state index in [-0.39, 0.29) is 5.56 Å². The van der Waals surface area contributed by atoms with E-state index in [9.17, 15) is 4.79 Å². The Morgan fingerprint density at radius 3 is 2.56 bits per heavy atom. The van der Waals surface area contributed by atoms with E-state index in [1.54, 1.807) is 23.1 Å². The van der Waals surface area contributed by atoms with Crippen LogP contribution in [0.3, 0.4) is 0 Å². The number of hydrogen-bond acceptors (Lipinski definition) is 5. The number of aromatic nitrogens is 2. The van der Waals surface area contributed by atoms with Gasteiger partial charge in [-0.05, 0) is 43.0 Å². The molecular formula is C30H35N3OS2. The van der Waals surface area contributed by atoms with Gasteiger partial charge in [-0.1, -0.05) is 92.4 Å². The fraction of sp³-hybridized carbons (Fsp3) is 0.400. The van der Waals surface area contributed by atoms with E-state index in [1.165, 1.54) is 47.3 Å². The first-order valence-corrected chi connectivity index (χ1v) is 15.0. The quantitative estimate of drug-likeness (QED) is 0.125. The van der Waals surface area contributed by atoms with Gasteiger partial charge in [0, 0.05) is 30.3 Å². The van der Waals surface area contributed by atoms with Crippen LogP contribution >= 0.6 is 23.1 Å². The molecule has 0 radical (unpaired) electrons. The summed E-state index contributed by atoms with van der Waals surface area (Å²) >= 11 is 3.45. The molecule has 0 unspecified atom stereocenters. The summed E-state index contributed by atoms with van der Waals surface area (Å²) in [5, 5.41) is 1.66. The Labute approximate surface area is 222 Å². The average Bonchev–Trinajstić information content (AvgIpc) is 3.25. The Bertz CT molecular complexity index is 1360. The highest BCUT2D eigenvalue weighted by molar-refractivity contribution is 7.99. The van der Waals surface area contributed by atoms with Crippen LogP contribution in [0.25, 0.3) is 15.9 Å². The number of benzene rings is 2. The molecule has 3 heterocycles. The molecule has 0 amide bonds. The number of fused-ring (bicyclic) bond motifs is 3. The topological polar surface area (TPSA) is 38.1 Å². The van der Waals surface area contributed by atoms with Crippen LogP contribution in [0.4, 0.5) is 0 Å². The highest BCUT2D eigenvalue weighted by atomic mass is 32.2. The lowest BCUT2D eigenvalue weighted by atomic mass is 10.0. The van der Waals surface area contributed by atoms with Crippen LogP contribution < -0.4 is 5.56 Å². The van der Waals surface area contributed by atoms with Crippen molar-refractivity contribution in [2.24, 2.45) is 0 Å². The molecule has 5 rings (SSSR count). The molecule has 188 valence electrons. The molecule has 0 N–H and O–H groups in total. The predicted octanol–water partition coefficient (Wildman–Crippen LogP) is 7.38. The molecule has 0 atom stereocenters. The van der Waals surface area contributed by atoms with Crippen LogP contribution in [0.1, 0.15) is 60.6 Å². The van der Waals surface area contributed by atoms with Gasteiger partial charge in [-0.3, -0.25) is 14.3 Å². The van der Waals surface area contributed by atoms with Crippen molar-refractivity contribution in [3.05, 3.63) is 86.5 Å². The maximum Gasteiger partial charge on any atom is 0.267 e. The molecule has 0 saturated heterocycles. The Morgan fingerprint density at radius 2 is 1.78 bits per heavy atom. The van der Waals surface area contributed by atoms with Crippen molar-refractivity contribution in [2.45, 2.75) is 70.6 Å². The first kappa shape index (κ1) is 25.2. The lowest BCUT2D eigenvalue weighted by Crippen LogP contribution is -2.30. The minimum Gasteiger partial charge on any atom is -0.294 e. The van der Waals surface area contributed by atoms with Gasteiger partial charge in [0.1, 0.15) is 4.83 Å². The minimum absolute atomic E-state index is 0.0892. The molecular weight excluding hydrogens is 482 g/mol. The fourth-order valence-corrected chi connectivity index (χ4v) is 7.26. The largest absolute Gasteiger partial charge is 0.294 e. The first-order valence-electron chi connectivity index (χ1n) is 13.2. The number of aryl methyl sites for hydroxylation is 1. The van der Waals surface area contributed by atoms with Crippen molar-refractivity contribution in [1.29, 1.82) is 0 Å². The third-order valence-electron chi connectivity index (χ3n) is 6.94. The molecule has 6 heteroatoms. The molecule has 36 heavy (non-hydrogen) atoms. The average molecular weight is 518 g/mol. The van der Waals surface area contributed by atoms with Gasteiger partial charge in [0.2, 0.25) is 0 Å². The Hall–Kier alpha value is -2.41. The second-order valence-electron chi connectivity index (χ2n) is 9.76. The zero-order chi connectivity index (χ0) is 24.9. The summed E-state index contributed by atoms with van der Waals surface area (Å²) in [6.45, 7) is 7.11. The molecule has 1 aliphatic rings. The number of rotatable bonds is 10. The van der Waals surface area contributed by atoms with E-state index in [1.807, 2.05) is 4.57 Å². The van der Waals surface area contributed by atoms with Crippen LogP contribution in [0.15, 0.2) is 64.5 Å².